The lowest BCUT2D eigenvalue weighted by Crippen LogP contribution is -2.68. The van der Waals surface area contributed by atoms with Crippen molar-refractivity contribution >= 4 is 6.16 Å². The van der Waals surface area contributed by atoms with Crippen molar-refractivity contribution in [3.8, 4) is 0 Å². The van der Waals surface area contributed by atoms with Crippen molar-refractivity contribution in [2.75, 3.05) is 32.8 Å². The lowest BCUT2D eigenvalue weighted by atomic mass is 10.3. The number of carbonyl (C=O) groups excluding carboxylic acids is 1. The fourth-order valence-electron chi connectivity index (χ4n) is 1.76. The van der Waals surface area contributed by atoms with Crippen LogP contribution in [0.25, 0.3) is 0 Å². The van der Waals surface area contributed by atoms with Gasteiger partial charge in [0.25, 0.3) is 0 Å². The molecule has 9 heteroatoms. The minimum atomic E-state index is -4.94. The van der Waals surface area contributed by atoms with E-state index in [4.69, 9.17) is 18.6 Å². The first kappa shape index (κ1) is 22.6. The van der Waals surface area contributed by atoms with Crippen molar-refractivity contribution in [3.63, 3.8) is 0 Å². The summed E-state index contributed by atoms with van der Waals surface area (Å²) < 4.78 is 44.2. The van der Waals surface area contributed by atoms with Gasteiger partial charge in [0.15, 0.2) is 0 Å². The van der Waals surface area contributed by atoms with Crippen LogP contribution in [-0.2, 0) is 9.47 Å². The number of hydrogen-bond acceptors (Lipinski definition) is 7. The van der Waals surface area contributed by atoms with Crippen LogP contribution in [0.3, 0.4) is 0 Å². The Labute approximate surface area is 128 Å². The van der Waals surface area contributed by atoms with E-state index in [-0.39, 0.29) is 6.10 Å². The SMILES string of the molecule is CC1COC(=O)O1.CC[N+](CC)(CC)CC.[O-][Cl+3]([O-])([O-])[O-]. The zero-order valence-corrected chi connectivity index (χ0v) is 14.1. The van der Waals surface area contributed by atoms with Gasteiger partial charge in [0.2, 0.25) is 0 Å². The molecule has 1 aliphatic heterocycles. The summed E-state index contributed by atoms with van der Waals surface area (Å²) in [6.45, 7) is 16.4. The Balaban J connectivity index is 0. The second-order valence-electron chi connectivity index (χ2n) is 4.47. The average Bonchev–Trinajstić information content (AvgIpc) is 2.75. The fourth-order valence-corrected chi connectivity index (χ4v) is 1.76. The molecule has 0 saturated carbocycles. The average molecular weight is 332 g/mol. The molecule has 1 unspecified atom stereocenters. The van der Waals surface area contributed by atoms with E-state index in [9.17, 15) is 4.79 Å². The maximum absolute atomic E-state index is 10.0. The van der Waals surface area contributed by atoms with Gasteiger partial charge in [-0.05, 0) is 34.6 Å². The van der Waals surface area contributed by atoms with E-state index in [0.29, 0.717) is 6.61 Å². The van der Waals surface area contributed by atoms with Gasteiger partial charge in [-0.25, -0.2) is 23.4 Å². The molecule has 8 nitrogen and oxygen atoms in total. The number of carbonyl (C=O) groups is 1. The van der Waals surface area contributed by atoms with Crippen LogP contribution in [0.5, 0.6) is 0 Å². The van der Waals surface area contributed by atoms with E-state index >= 15 is 0 Å². The van der Waals surface area contributed by atoms with Crippen LogP contribution in [0.15, 0.2) is 0 Å². The highest BCUT2D eigenvalue weighted by molar-refractivity contribution is 5.61. The third-order valence-corrected chi connectivity index (χ3v) is 3.42. The molecule has 128 valence electrons. The predicted octanol–water partition coefficient (Wildman–Crippen LogP) is -2.33. The molecular weight excluding hydrogens is 306 g/mol. The normalized spacial score (nSPS) is 17.8. The van der Waals surface area contributed by atoms with E-state index in [1.165, 1.54) is 30.7 Å². The molecule has 1 aliphatic rings. The highest BCUT2D eigenvalue weighted by atomic mass is 35.7. The Morgan fingerprint density at radius 1 is 1.05 bits per heavy atom. The Kier molecular flexibility index (Phi) is 11.9. The molecule has 1 fully saturated rings. The molecule has 0 aromatic heterocycles. The first-order chi connectivity index (χ1) is 9.53. The van der Waals surface area contributed by atoms with Crippen molar-refractivity contribution in [2.45, 2.75) is 40.7 Å². The summed E-state index contributed by atoms with van der Waals surface area (Å²) in [5, 5.41) is 0. The number of rotatable bonds is 4. The van der Waals surface area contributed by atoms with Gasteiger partial charge in [0.05, 0.1) is 26.2 Å². The van der Waals surface area contributed by atoms with Crippen LogP contribution in [0.1, 0.15) is 34.6 Å². The summed E-state index contributed by atoms with van der Waals surface area (Å²) in [7, 11) is -4.94. The van der Waals surface area contributed by atoms with Gasteiger partial charge in [-0.3, -0.25) is 0 Å². The zero-order valence-electron chi connectivity index (χ0n) is 13.3. The van der Waals surface area contributed by atoms with Crippen molar-refractivity contribution in [2.24, 2.45) is 0 Å². The second-order valence-corrected chi connectivity index (χ2v) is 5.23. The Morgan fingerprint density at radius 3 is 1.43 bits per heavy atom. The standard InChI is InChI=1S/C8H20N.C4H6O3.ClHO4/c1-5-9(6-2,7-3)8-4;1-3-2-6-4(5)7-3;2-1(3,4)5/h5-8H2,1-4H3;3H,2H2,1H3;(H,2,3,4,5)/q+1;;/p-1. The fraction of sp³-hybridized carbons (Fsp3) is 0.917. The molecule has 0 aliphatic carbocycles. The molecule has 1 saturated heterocycles. The van der Waals surface area contributed by atoms with Crippen LogP contribution < -0.4 is 18.6 Å². The minimum absolute atomic E-state index is 0.0486. The van der Waals surface area contributed by atoms with E-state index in [2.05, 4.69) is 37.2 Å². The van der Waals surface area contributed by atoms with Gasteiger partial charge < -0.3 is 14.0 Å². The summed E-state index contributed by atoms with van der Waals surface area (Å²) in [6.07, 6.45) is -0.597. The Bertz CT molecular complexity index is 256. The van der Waals surface area contributed by atoms with E-state index in [1.807, 2.05) is 0 Å². The minimum Gasteiger partial charge on any atom is -0.430 e. The number of nitrogens with zero attached hydrogens (tertiary/aromatic N) is 1. The van der Waals surface area contributed by atoms with Gasteiger partial charge in [0, 0.05) is 0 Å². The van der Waals surface area contributed by atoms with Crippen molar-refractivity contribution in [1.29, 1.82) is 0 Å². The number of cyclic esters (lactones) is 2. The molecule has 0 radical (unpaired) electrons. The molecule has 0 aromatic carbocycles. The predicted molar refractivity (Wildman–Crippen MR) is 64.3 cm³/mol. The molecule has 0 aromatic rings. The molecule has 1 rings (SSSR count). The molecule has 1 atom stereocenters. The van der Waals surface area contributed by atoms with Gasteiger partial charge in [-0.2, -0.15) is 0 Å². The van der Waals surface area contributed by atoms with Crippen LogP contribution in [0.2, 0.25) is 0 Å². The van der Waals surface area contributed by atoms with Crippen molar-refractivity contribution in [3.05, 3.63) is 0 Å². The summed E-state index contributed by atoms with van der Waals surface area (Å²) >= 11 is 0. The lowest BCUT2D eigenvalue weighted by Gasteiger charge is -2.34. The molecule has 0 bridgehead atoms. The first-order valence-electron chi connectivity index (χ1n) is 6.83. The number of ether oxygens (including phenoxy) is 2. The highest BCUT2D eigenvalue weighted by Gasteiger charge is 2.19. The van der Waals surface area contributed by atoms with Gasteiger partial charge >= 0.3 is 6.16 Å². The summed E-state index contributed by atoms with van der Waals surface area (Å²) in [6, 6.07) is 0. The maximum Gasteiger partial charge on any atom is 0.508 e. The molecule has 0 amide bonds. The first-order valence-corrected chi connectivity index (χ1v) is 8.07. The topological polar surface area (TPSA) is 128 Å². The summed E-state index contributed by atoms with van der Waals surface area (Å²) in [5.41, 5.74) is 0. The zero-order chi connectivity index (χ0) is 17.1. The molecular formula is C12H26ClNO7. The smallest absolute Gasteiger partial charge is 0.430 e. The van der Waals surface area contributed by atoms with Crippen LogP contribution >= 0.6 is 0 Å². The second kappa shape index (κ2) is 11.0. The van der Waals surface area contributed by atoms with E-state index in [0.717, 1.165) is 0 Å². The third kappa shape index (κ3) is 14.1. The Hall–Kier alpha value is -0.640. The van der Waals surface area contributed by atoms with E-state index in [1.54, 1.807) is 6.92 Å². The van der Waals surface area contributed by atoms with Gasteiger partial charge in [-0.15, -0.1) is 10.2 Å². The summed E-state index contributed by atoms with van der Waals surface area (Å²) in [5.74, 6) is 0. The van der Waals surface area contributed by atoms with Gasteiger partial charge in [-0.1, -0.05) is 0 Å². The molecule has 0 spiro atoms. The van der Waals surface area contributed by atoms with Gasteiger partial charge in [0.1, 0.15) is 12.7 Å². The molecule has 1 heterocycles. The number of halogens is 1. The number of quaternary nitrogens is 1. The van der Waals surface area contributed by atoms with E-state index < -0.39 is 16.4 Å². The summed E-state index contributed by atoms with van der Waals surface area (Å²) in [4.78, 5) is 10.0. The van der Waals surface area contributed by atoms with Crippen LogP contribution in [0, 0.1) is 10.2 Å². The largest absolute Gasteiger partial charge is 0.508 e. The maximum atomic E-state index is 10.0. The lowest BCUT2D eigenvalue weighted by molar-refractivity contribution is -2.00. The Morgan fingerprint density at radius 2 is 1.38 bits per heavy atom. The van der Waals surface area contributed by atoms with Crippen LogP contribution in [-0.4, -0.2) is 49.5 Å². The number of hydrogen-bond donors (Lipinski definition) is 0. The van der Waals surface area contributed by atoms with Crippen LogP contribution in [0.4, 0.5) is 4.79 Å². The highest BCUT2D eigenvalue weighted by Crippen LogP contribution is 2.03. The quantitative estimate of drug-likeness (QED) is 0.417. The van der Waals surface area contributed by atoms with Crippen molar-refractivity contribution < 1.29 is 47.6 Å². The molecule has 21 heavy (non-hydrogen) atoms. The third-order valence-electron chi connectivity index (χ3n) is 3.42. The van der Waals surface area contributed by atoms with Crippen molar-refractivity contribution in [1.82, 2.24) is 0 Å². The monoisotopic (exact) mass is 331 g/mol. The molecule has 0 N–H and O–H groups in total.